The van der Waals surface area contributed by atoms with Gasteiger partial charge in [-0.1, -0.05) is 60.3 Å². The number of nitrogens with zero attached hydrogens (tertiary/aromatic N) is 3. The summed E-state index contributed by atoms with van der Waals surface area (Å²) in [6.45, 7) is 5.00. The first-order valence-electron chi connectivity index (χ1n) is 10.5. The third kappa shape index (κ3) is 4.70. The van der Waals surface area contributed by atoms with E-state index >= 15 is 0 Å². The number of hydrazine groups is 1. The van der Waals surface area contributed by atoms with Crippen molar-refractivity contribution < 1.29 is 4.79 Å². The van der Waals surface area contributed by atoms with E-state index in [2.05, 4.69) is 12.3 Å². The maximum atomic E-state index is 13.2. The van der Waals surface area contributed by atoms with Crippen LogP contribution in [0.3, 0.4) is 0 Å². The lowest BCUT2D eigenvalue weighted by Gasteiger charge is -2.33. The predicted molar refractivity (Wildman–Crippen MR) is 128 cm³/mol. The molecule has 8 heteroatoms. The van der Waals surface area contributed by atoms with Crippen molar-refractivity contribution in [2.45, 2.75) is 45.2 Å². The number of benzene rings is 2. The van der Waals surface area contributed by atoms with E-state index < -0.39 is 0 Å². The summed E-state index contributed by atoms with van der Waals surface area (Å²) in [6.07, 6.45) is 3.33. The molecule has 31 heavy (non-hydrogen) atoms. The van der Waals surface area contributed by atoms with Crippen molar-refractivity contribution >= 4 is 52.1 Å². The first-order chi connectivity index (χ1) is 14.8. The number of carbonyl (C=O) groups excluding carboxylic acids is 1. The molecule has 0 saturated carbocycles. The number of amides is 1. The number of carbonyl (C=O) groups is 1. The molecular weight excluding hydrogens is 455 g/mol. The van der Waals surface area contributed by atoms with Crippen LogP contribution in [-0.4, -0.2) is 29.2 Å². The molecule has 1 amide bonds. The molecule has 1 N–H and O–H groups in total. The second-order valence-electron chi connectivity index (χ2n) is 8.19. The minimum absolute atomic E-state index is 0.159. The molecule has 0 bridgehead atoms. The van der Waals surface area contributed by atoms with Gasteiger partial charge in [-0.05, 0) is 55.7 Å². The van der Waals surface area contributed by atoms with Crippen LogP contribution in [-0.2, 0) is 4.79 Å². The summed E-state index contributed by atoms with van der Waals surface area (Å²) >= 11 is 18.7. The number of halogens is 3. The molecule has 2 aliphatic rings. The van der Waals surface area contributed by atoms with Crippen molar-refractivity contribution in [2.24, 2.45) is 11.0 Å². The fourth-order valence-corrected chi connectivity index (χ4v) is 4.92. The molecule has 1 fully saturated rings. The van der Waals surface area contributed by atoms with Crippen LogP contribution in [0.15, 0.2) is 47.6 Å². The lowest BCUT2D eigenvalue weighted by molar-refractivity contribution is -0.121. The van der Waals surface area contributed by atoms with Crippen LogP contribution in [0.25, 0.3) is 0 Å². The Labute approximate surface area is 197 Å². The molecule has 3 unspecified atom stereocenters. The van der Waals surface area contributed by atoms with Gasteiger partial charge in [-0.3, -0.25) is 15.2 Å². The van der Waals surface area contributed by atoms with E-state index in [1.165, 1.54) is 6.42 Å². The van der Waals surface area contributed by atoms with Gasteiger partial charge >= 0.3 is 0 Å². The maximum Gasteiger partial charge on any atom is 0.282 e. The zero-order chi connectivity index (χ0) is 22.1. The number of nitrogens with one attached hydrogen (secondary N) is 1. The summed E-state index contributed by atoms with van der Waals surface area (Å²) in [6, 6.07) is 13.0. The van der Waals surface area contributed by atoms with Gasteiger partial charge in [0.2, 0.25) is 0 Å². The molecule has 4 rings (SSSR count). The SMILES string of the molecule is CC1C(C(=O)NN2CCCCC2C)=NN(c2ccc(Cl)cc2Cl)C1c1ccc(Cl)cc1. The largest absolute Gasteiger partial charge is 0.283 e. The average molecular weight is 480 g/mol. The standard InChI is InChI=1S/C23H25Cl3N4O/c1-14-5-3-4-12-29(14)28-23(31)21-15(2)22(16-6-8-17(24)9-7-16)30(27-21)20-11-10-18(25)13-19(20)26/h6-11,13-15,22H,3-5,12H2,1-2H3,(H,28,31). The second kappa shape index (κ2) is 9.37. The summed E-state index contributed by atoms with van der Waals surface area (Å²) in [5, 5.41) is 10.3. The smallest absolute Gasteiger partial charge is 0.282 e. The molecule has 0 aromatic heterocycles. The third-order valence-electron chi connectivity index (χ3n) is 6.03. The maximum absolute atomic E-state index is 13.2. The van der Waals surface area contributed by atoms with Gasteiger partial charge in [-0.25, -0.2) is 5.01 Å². The van der Waals surface area contributed by atoms with Gasteiger partial charge in [-0.15, -0.1) is 0 Å². The monoisotopic (exact) mass is 478 g/mol. The summed E-state index contributed by atoms with van der Waals surface area (Å²) in [7, 11) is 0. The van der Waals surface area contributed by atoms with E-state index in [1.807, 2.05) is 47.3 Å². The molecule has 2 aliphatic heterocycles. The Hall–Kier alpha value is -1.79. The highest BCUT2D eigenvalue weighted by Gasteiger charge is 2.40. The highest BCUT2D eigenvalue weighted by atomic mass is 35.5. The molecule has 0 radical (unpaired) electrons. The van der Waals surface area contributed by atoms with E-state index in [-0.39, 0.29) is 17.9 Å². The molecule has 0 spiro atoms. The van der Waals surface area contributed by atoms with Gasteiger partial charge in [0, 0.05) is 28.5 Å². The van der Waals surface area contributed by atoms with Crippen LogP contribution < -0.4 is 10.4 Å². The number of hydrazone groups is 1. The first kappa shape index (κ1) is 22.4. The Kier molecular flexibility index (Phi) is 6.77. The average Bonchev–Trinajstić information content (AvgIpc) is 3.07. The summed E-state index contributed by atoms with van der Waals surface area (Å²) < 4.78 is 0. The van der Waals surface area contributed by atoms with Crippen molar-refractivity contribution in [3.63, 3.8) is 0 Å². The third-order valence-corrected chi connectivity index (χ3v) is 6.82. The van der Waals surface area contributed by atoms with E-state index in [1.54, 1.807) is 12.1 Å². The summed E-state index contributed by atoms with van der Waals surface area (Å²) in [5.41, 5.74) is 5.26. The van der Waals surface area contributed by atoms with Crippen LogP contribution in [0, 0.1) is 5.92 Å². The van der Waals surface area contributed by atoms with Crippen LogP contribution in [0.1, 0.15) is 44.7 Å². The molecule has 5 nitrogen and oxygen atoms in total. The second-order valence-corrected chi connectivity index (χ2v) is 9.47. The van der Waals surface area contributed by atoms with Gasteiger partial charge in [0.05, 0.1) is 16.8 Å². The molecule has 3 atom stereocenters. The highest BCUT2D eigenvalue weighted by Crippen LogP contribution is 2.42. The van der Waals surface area contributed by atoms with Gasteiger partial charge in [0.15, 0.2) is 0 Å². The molecule has 164 valence electrons. The summed E-state index contributed by atoms with van der Waals surface area (Å²) in [4.78, 5) is 13.2. The lowest BCUT2D eigenvalue weighted by atomic mass is 9.91. The fraction of sp³-hybridized carbons (Fsp3) is 0.391. The van der Waals surface area contributed by atoms with Crippen molar-refractivity contribution in [3.8, 4) is 0 Å². The molecular formula is C23H25Cl3N4O. The van der Waals surface area contributed by atoms with Crippen molar-refractivity contribution in [1.29, 1.82) is 0 Å². The minimum atomic E-state index is -0.199. The van der Waals surface area contributed by atoms with Crippen LogP contribution >= 0.6 is 34.8 Å². The summed E-state index contributed by atoms with van der Waals surface area (Å²) in [5.74, 6) is -0.333. The Bertz CT molecular complexity index is 995. The van der Waals surface area contributed by atoms with E-state index in [9.17, 15) is 4.79 Å². The molecule has 2 aromatic carbocycles. The normalized spacial score (nSPS) is 24.2. The van der Waals surface area contributed by atoms with Gasteiger partial charge in [0.25, 0.3) is 5.91 Å². The highest BCUT2D eigenvalue weighted by molar-refractivity contribution is 6.41. The molecule has 0 aliphatic carbocycles. The van der Waals surface area contributed by atoms with E-state index in [0.29, 0.717) is 32.5 Å². The van der Waals surface area contributed by atoms with E-state index in [4.69, 9.17) is 39.9 Å². The van der Waals surface area contributed by atoms with E-state index in [0.717, 1.165) is 24.9 Å². The van der Waals surface area contributed by atoms with Crippen molar-refractivity contribution in [3.05, 3.63) is 63.1 Å². The number of piperidine rings is 1. The van der Waals surface area contributed by atoms with Gasteiger partial charge in [-0.2, -0.15) is 5.10 Å². The fourth-order valence-electron chi connectivity index (χ4n) is 4.30. The Balaban J connectivity index is 1.68. The molecule has 2 aromatic rings. The zero-order valence-corrected chi connectivity index (χ0v) is 19.8. The van der Waals surface area contributed by atoms with Crippen LogP contribution in [0.4, 0.5) is 5.69 Å². The predicted octanol–water partition coefficient (Wildman–Crippen LogP) is 6.11. The number of hydrogen-bond donors (Lipinski definition) is 1. The zero-order valence-electron chi connectivity index (χ0n) is 17.5. The topological polar surface area (TPSA) is 47.9 Å². The first-order valence-corrected chi connectivity index (χ1v) is 11.6. The quantitative estimate of drug-likeness (QED) is 0.576. The van der Waals surface area contributed by atoms with Crippen molar-refractivity contribution in [1.82, 2.24) is 10.4 Å². The number of anilines is 1. The van der Waals surface area contributed by atoms with Crippen LogP contribution in [0.2, 0.25) is 15.1 Å². The molecule has 1 saturated heterocycles. The number of rotatable bonds is 4. The minimum Gasteiger partial charge on any atom is -0.283 e. The molecule has 2 heterocycles. The Morgan fingerprint density at radius 2 is 1.74 bits per heavy atom. The van der Waals surface area contributed by atoms with Crippen molar-refractivity contribution in [2.75, 3.05) is 11.6 Å². The Morgan fingerprint density at radius 3 is 2.42 bits per heavy atom. The Morgan fingerprint density at radius 1 is 1.03 bits per heavy atom. The van der Waals surface area contributed by atoms with Gasteiger partial charge < -0.3 is 0 Å². The number of hydrogen-bond acceptors (Lipinski definition) is 4. The lowest BCUT2D eigenvalue weighted by Crippen LogP contribution is -2.52. The van der Waals surface area contributed by atoms with Gasteiger partial charge in [0.1, 0.15) is 5.71 Å². The van der Waals surface area contributed by atoms with Crippen LogP contribution in [0.5, 0.6) is 0 Å².